The number of carbonyl (C=O) groups excluding carboxylic acids is 2. The lowest BCUT2D eigenvalue weighted by molar-refractivity contribution is 0.0992. The summed E-state index contributed by atoms with van der Waals surface area (Å²) in [4.78, 5) is 22.2. The van der Waals surface area contributed by atoms with Crippen LogP contribution >= 0.6 is 0 Å². The first kappa shape index (κ1) is 14.7. The number of carbonyl (C=O) groups is 2. The largest absolute Gasteiger partial charge is 0.366 e. The Kier molecular flexibility index (Phi) is 4.68. The summed E-state index contributed by atoms with van der Waals surface area (Å²) in [6.45, 7) is 1.20. The fourth-order valence-corrected chi connectivity index (χ4v) is 2.02. The molecule has 0 aliphatic carbocycles. The van der Waals surface area contributed by atoms with Gasteiger partial charge in [0.05, 0.1) is 0 Å². The van der Waals surface area contributed by atoms with Crippen LogP contribution in [0.4, 0.5) is 0 Å². The van der Waals surface area contributed by atoms with Crippen LogP contribution in [0.5, 0.6) is 0 Å². The summed E-state index contributed by atoms with van der Waals surface area (Å²) in [6, 6.07) is 14.3. The lowest BCUT2D eigenvalue weighted by atomic mass is 10.1. The van der Waals surface area contributed by atoms with Crippen molar-refractivity contribution in [1.82, 2.24) is 5.32 Å². The highest BCUT2D eigenvalue weighted by molar-refractivity contribution is 5.93. The molecule has 2 aromatic rings. The Hall–Kier alpha value is -2.66. The van der Waals surface area contributed by atoms with Gasteiger partial charge in [-0.1, -0.05) is 24.3 Å². The van der Waals surface area contributed by atoms with Gasteiger partial charge in [0, 0.05) is 24.2 Å². The van der Waals surface area contributed by atoms with Gasteiger partial charge in [-0.3, -0.25) is 9.59 Å². The number of nitrogens with one attached hydrogen (secondary N) is 1. The van der Waals surface area contributed by atoms with E-state index in [1.807, 2.05) is 12.1 Å². The molecule has 0 spiro atoms. The third kappa shape index (κ3) is 4.15. The van der Waals surface area contributed by atoms with Gasteiger partial charge in [-0.2, -0.15) is 0 Å². The van der Waals surface area contributed by atoms with Gasteiger partial charge in [-0.25, -0.2) is 0 Å². The Morgan fingerprint density at radius 3 is 1.62 bits per heavy atom. The fourth-order valence-electron chi connectivity index (χ4n) is 2.02. The highest BCUT2D eigenvalue weighted by Crippen LogP contribution is 2.07. The molecule has 0 unspecified atom stereocenters. The Balaban J connectivity index is 1.95. The van der Waals surface area contributed by atoms with E-state index in [9.17, 15) is 9.59 Å². The number of hydrogen-bond donors (Lipinski definition) is 3. The summed E-state index contributed by atoms with van der Waals surface area (Å²) in [5, 5.41) is 3.25. The van der Waals surface area contributed by atoms with Crippen molar-refractivity contribution in [3.8, 4) is 0 Å². The van der Waals surface area contributed by atoms with Crippen LogP contribution in [0, 0.1) is 0 Å². The monoisotopic (exact) mass is 283 g/mol. The summed E-state index contributed by atoms with van der Waals surface area (Å²) in [6.07, 6.45) is 0. The quantitative estimate of drug-likeness (QED) is 0.742. The second kappa shape index (κ2) is 6.67. The highest BCUT2D eigenvalue weighted by atomic mass is 16.1. The van der Waals surface area contributed by atoms with Crippen LogP contribution in [0.15, 0.2) is 48.5 Å². The van der Waals surface area contributed by atoms with Crippen LogP contribution in [0.3, 0.4) is 0 Å². The van der Waals surface area contributed by atoms with E-state index in [0.29, 0.717) is 24.2 Å². The predicted molar refractivity (Wildman–Crippen MR) is 80.5 cm³/mol. The van der Waals surface area contributed by atoms with E-state index >= 15 is 0 Å². The third-order valence-corrected chi connectivity index (χ3v) is 3.08. The lowest BCUT2D eigenvalue weighted by Crippen LogP contribution is -2.16. The minimum absolute atomic E-state index is 0.439. The summed E-state index contributed by atoms with van der Waals surface area (Å²) >= 11 is 0. The molecule has 2 aromatic carbocycles. The van der Waals surface area contributed by atoms with Crippen molar-refractivity contribution < 1.29 is 9.59 Å². The Labute approximate surface area is 123 Å². The second-order valence-electron chi connectivity index (χ2n) is 4.73. The van der Waals surface area contributed by atoms with Gasteiger partial charge in [0.1, 0.15) is 0 Å². The van der Waals surface area contributed by atoms with Crippen LogP contribution in [0.1, 0.15) is 31.8 Å². The van der Waals surface area contributed by atoms with E-state index in [4.69, 9.17) is 11.5 Å². The number of hydrogen-bond acceptors (Lipinski definition) is 3. The lowest BCUT2D eigenvalue weighted by Gasteiger charge is -2.07. The van der Waals surface area contributed by atoms with Gasteiger partial charge < -0.3 is 16.8 Å². The Morgan fingerprint density at radius 1 is 0.810 bits per heavy atom. The molecule has 0 aliphatic rings. The second-order valence-corrected chi connectivity index (χ2v) is 4.73. The van der Waals surface area contributed by atoms with Crippen molar-refractivity contribution in [1.29, 1.82) is 0 Å². The molecule has 0 radical (unpaired) electrons. The number of benzene rings is 2. The van der Waals surface area contributed by atoms with Crippen LogP contribution < -0.4 is 16.8 Å². The van der Waals surface area contributed by atoms with E-state index in [1.54, 1.807) is 36.4 Å². The molecule has 0 saturated carbocycles. The zero-order valence-electron chi connectivity index (χ0n) is 11.5. The van der Waals surface area contributed by atoms with E-state index in [-0.39, 0.29) is 0 Å². The average Bonchev–Trinajstić information content (AvgIpc) is 2.48. The molecule has 0 aromatic heterocycles. The average molecular weight is 283 g/mol. The molecule has 5 nitrogen and oxygen atoms in total. The van der Waals surface area contributed by atoms with Crippen LogP contribution in [-0.4, -0.2) is 11.8 Å². The topological polar surface area (TPSA) is 98.2 Å². The van der Waals surface area contributed by atoms with E-state index in [0.717, 1.165) is 11.1 Å². The van der Waals surface area contributed by atoms with Crippen molar-refractivity contribution in [2.75, 3.05) is 0 Å². The first-order chi connectivity index (χ1) is 10.1. The maximum absolute atomic E-state index is 11.1. The molecule has 0 saturated heterocycles. The minimum Gasteiger partial charge on any atom is -0.366 e. The van der Waals surface area contributed by atoms with Gasteiger partial charge in [0.2, 0.25) is 11.8 Å². The fraction of sp³-hybridized carbons (Fsp3) is 0.125. The molecular weight excluding hydrogens is 266 g/mol. The maximum atomic E-state index is 11.1. The molecular formula is C16H17N3O2. The number of primary amides is 2. The highest BCUT2D eigenvalue weighted by Gasteiger charge is 2.03. The smallest absolute Gasteiger partial charge is 0.248 e. The maximum Gasteiger partial charge on any atom is 0.248 e. The number of rotatable bonds is 6. The van der Waals surface area contributed by atoms with Crippen LogP contribution in [0.25, 0.3) is 0 Å². The van der Waals surface area contributed by atoms with Gasteiger partial charge in [-0.05, 0) is 35.4 Å². The standard InChI is InChI=1S/C16H17N3O2/c17-15(20)13-5-1-3-11(7-13)9-19-10-12-4-2-6-14(8-12)16(18)21/h1-8,19H,9-10H2,(H2,17,20)(H2,18,21). The Bertz CT molecular complexity index is 611. The molecule has 0 fully saturated rings. The molecule has 0 bridgehead atoms. The molecule has 5 N–H and O–H groups in total. The molecule has 108 valence electrons. The molecule has 21 heavy (non-hydrogen) atoms. The molecule has 0 aliphatic heterocycles. The molecule has 2 amide bonds. The predicted octanol–water partition coefficient (Wildman–Crippen LogP) is 1.17. The van der Waals surface area contributed by atoms with Crippen molar-refractivity contribution in [3.05, 3.63) is 70.8 Å². The number of nitrogens with two attached hydrogens (primary N) is 2. The van der Waals surface area contributed by atoms with Gasteiger partial charge in [0.15, 0.2) is 0 Å². The first-order valence-corrected chi connectivity index (χ1v) is 6.54. The van der Waals surface area contributed by atoms with E-state index in [2.05, 4.69) is 5.32 Å². The minimum atomic E-state index is -0.439. The van der Waals surface area contributed by atoms with E-state index < -0.39 is 11.8 Å². The SMILES string of the molecule is NC(=O)c1cccc(CNCc2cccc(C(N)=O)c2)c1. The van der Waals surface area contributed by atoms with Crippen molar-refractivity contribution in [3.63, 3.8) is 0 Å². The zero-order valence-corrected chi connectivity index (χ0v) is 11.5. The summed E-state index contributed by atoms with van der Waals surface area (Å²) in [5.74, 6) is -0.878. The van der Waals surface area contributed by atoms with Crippen LogP contribution in [0.2, 0.25) is 0 Å². The van der Waals surface area contributed by atoms with Gasteiger partial charge >= 0.3 is 0 Å². The molecule has 2 rings (SSSR count). The van der Waals surface area contributed by atoms with Crippen molar-refractivity contribution in [2.24, 2.45) is 11.5 Å². The van der Waals surface area contributed by atoms with E-state index in [1.165, 1.54) is 0 Å². The zero-order chi connectivity index (χ0) is 15.2. The molecule has 5 heteroatoms. The first-order valence-electron chi connectivity index (χ1n) is 6.54. The van der Waals surface area contributed by atoms with Crippen LogP contribution in [-0.2, 0) is 13.1 Å². The summed E-state index contributed by atoms with van der Waals surface area (Å²) < 4.78 is 0. The Morgan fingerprint density at radius 2 is 1.24 bits per heavy atom. The normalized spacial score (nSPS) is 10.3. The van der Waals surface area contributed by atoms with Crippen molar-refractivity contribution in [2.45, 2.75) is 13.1 Å². The third-order valence-electron chi connectivity index (χ3n) is 3.08. The molecule has 0 atom stereocenters. The van der Waals surface area contributed by atoms with Gasteiger partial charge in [0.25, 0.3) is 0 Å². The number of amides is 2. The summed E-state index contributed by atoms with van der Waals surface area (Å²) in [7, 11) is 0. The van der Waals surface area contributed by atoms with Gasteiger partial charge in [-0.15, -0.1) is 0 Å². The molecule has 0 heterocycles. The summed E-state index contributed by atoms with van der Waals surface area (Å²) in [5.41, 5.74) is 13.4. The van der Waals surface area contributed by atoms with Crippen molar-refractivity contribution >= 4 is 11.8 Å².